The number of nitrogens with two attached hydrogens (primary N) is 1. The summed E-state index contributed by atoms with van der Waals surface area (Å²) >= 11 is 0. The van der Waals surface area contributed by atoms with Gasteiger partial charge in [-0.3, -0.25) is 4.79 Å². The van der Waals surface area contributed by atoms with Crippen molar-refractivity contribution >= 4 is 11.6 Å². The predicted molar refractivity (Wildman–Crippen MR) is 68.4 cm³/mol. The van der Waals surface area contributed by atoms with E-state index in [1.54, 1.807) is 6.07 Å². The number of rotatable bonds is 4. The second-order valence-electron chi connectivity index (χ2n) is 5.14. The highest BCUT2D eigenvalue weighted by Crippen LogP contribution is 2.37. The number of nitrogens with one attached hydrogen (secondary N) is 1. The van der Waals surface area contributed by atoms with Crippen LogP contribution in [0.25, 0.3) is 0 Å². The largest absolute Gasteiger partial charge is 0.397 e. The average Bonchev–Trinajstić information content (AvgIpc) is 2.92. The van der Waals surface area contributed by atoms with Gasteiger partial charge in [-0.25, -0.2) is 0 Å². The first-order chi connectivity index (χ1) is 8.74. The van der Waals surface area contributed by atoms with Crippen LogP contribution < -0.4 is 11.1 Å². The lowest BCUT2D eigenvalue weighted by Crippen LogP contribution is -2.32. The Hall–Kier alpha value is -1.49. The number of hydrogen-bond donors (Lipinski definition) is 2. The van der Waals surface area contributed by atoms with Crippen molar-refractivity contribution in [3.63, 3.8) is 0 Å². The Morgan fingerprint density at radius 3 is 3.00 bits per heavy atom. The Morgan fingerprint density at radius 1 is 1.50 bits per heavy atom. The molecule has 1 aliphatic heterocycles. The molecule has 3 N–H and O–H groups in total. The van der Waals surface area contributed by atoms with Gasteiger partial charge in [-0.1, -0.05) is 0 Å². The molecule has 98 valence electrons. The second-order valence-corrected chi connectivity index (χ2v) is 5.14. The van der Waals surface area contributed by atoms with Crippen LogP contribution in [0.5, 0.6) is 0 Å². The summed E-state index contributed by atoms with van der Waals surface area (Å²) in [5.41, 5.74) is 7.11. The molecule has 18 heavy (non-hydrogen) atoms. The van der Waals surface area contributed by atoms with E-state index in [0.29, 0.717) is 24.0 Å². The van der Waals surface area contributed by atoms with Crippen molar-refractivity contribution in [3.8, 4) is 0 Å². The van der Waals surface area contributed by atoms with E-state index in [1.165, 1.54) is 0 Å². The summed E-state index contributed by atoms with van der Waals surface area (Å²) in [6.45, 7) is 1.40. The third-order valence-electron chi connectivity index (χ3n) is 3.56. The highest BCUT2D eigenvalue weighted by molar-refractivity contribution is 5.93. The molecule has 3 rings (SSSR count). The average molecular weight is 249 g/mol. The SMILES string of the molecule is Nc1cc(C(=O)NCC2CCCO2)n(C2CC2)c1. The minimum atomic E-state index is -0.0471. The summed E-state index contributed by atoms with van der Waals surface area (Å²) in [5, 5.41) is 2.94. The fourth-order valence-corrected chi connectivity index (χ4v) is 2.44. The zero-order valence-electron chi connectivity index (χ0n) is 10.4. The summed E-state index contributed by atoms with van der Waals surface area (Å²) in [6, 6.07) is 2.22. The molecule has 2 fully saturated rings. The fourth-order valence-electron chi connectivity index (χ4n) is 2.44. The molecule has 1 aromatic heterocycles. The van der Waals surface area contributed by atoms with Gasteiger partial charge in [0.1, 0.15) is 5.69 Å². The van der Waals surface area contributed by atoms with Gasteiger partial charge < -0.3 is 20.4 Å². The van der Waals surface area contributed by atoms with Crippen molar-refractivity contribution in [2.45, 2.75) is 37.8 Å². The number of nitrogen functional groups attached to an aromatic ring is 1. The zero-order chi connectivity index (χ0) is 12.5. The molecule has 0 radical (unpaired) electrons. The number of ether oxygens (including phenoxy) is 1. The van der Waals surface area contributed by atoms with E-state index < -0.39 is 0 Å². The van der Waals surface area contributed by atoms with Crippen molar-refractivity contribution in [1.82, 2.24) is 9.88 Å². The third-order valence-corrected chi connectivity index (χ3v) is 3.56. The molecule has 1 unspecified atom stereocenters. The van der Waals surface area contributed by atoms with Gasteiger partial charge in [-0.2, -0.15) is 0 Å². The van der Waals surface area contributed by atoms with Gasteiger partial charge in [-0.05, 0) is 31.7 Å². The Labute approximate surface area is 106 Å². The lowest BCUT2D eigenvalue weighted by Gasteiger charge is -2.12. The van der Waals surface area contributed by atoms with Gasteiger partial charge in [0.15, 0.2) is 0 Å². The molecule has 5 heteroatoms. The Bertz CT molecular complexity index is 445. The third kappa shape index (κ3) is 2.36. The van der Waals surface area contributed by atoms with E-state index in [-0.39, 0.29) is 12.0 Å². The van der Waals surface area contributed by atoms with Crippen LogP contribution in [-0.4, -0.2) is 29.7 Å². The molecule has 1 atom stereocenters. The lowest BCUT2D eigenvalue weighted by molar-refractivity contribution is 0.0850. The Balaban J connectivity index is 1.64. The van der Waals surface area contributed by atoms with Crippen molar-refractivity contribution in [1.29, 1.82) is 0 Å². The molecular formula is C13H19N3O2. The van der Waals surface area contributed by atoms with Crippen LogP contribution >= 0.6 is 0 Å². The first kappa shape index (κ1) is 11.6. The Morgan fingerprint density at radius 2 is 2.33 bits per heavy atom. The zero-order valence-corrected chi connectivity index (χ0v) is 10.4. The van der Waals surface area contributed by atoms with Crippen LogP contribution in [0.3, 0.4) is 0 Å². The minimum Gasteiger partial charge on any atom is -0.397 e. The summed E-state index contributed by atoms with van der Waals surface area (Å²) in [4.78, 5) is 12.1. The Kier molecular flexibility index (Phi) is 2.99. The van der Waals surface area contributed by atoms with Gasteiger partial charge in [0, 0.05) is 25.4 Å². The van der Waals surface area contributed by atoms with E-state index in [9.17, 15) is 4.79 Å². The van der Waals surface area contributed by atoms with Gasteiger partial charge in [-0.15, -0.1) is 0 Å². The number of hydrogen-bond acceptors (Lipinski definition) is 3. The van der Waals surface area contributed by atoms with Crippen molar-refractivity contribution in [2.24, 2.45) is 0 Å². The summed E-state index contributed by atoms with van der Waals surface area (Å²) in [5.74, 6) is -0.0471. The van der Waals surface area contributed by atoms with Gasteiger partial charge in [0.25, 0.3) is 5.91 Å². The molecule has 2 aliphatic rings. The van der Waals surface area contributed by atoms with Crippen LogP contribution in [0, 0.1) is 0 Å². The van der Waals surface area contributed by atoms with Crippen LogP contribution in [-0.2, 0) is 4.74 Å². The van der Waals surface area contributed by atoms with Crippen molar-refractivity contribution < 1.29 is 9.53 Å². The number of carbonyl (C=O) groups is 1. The molecule has 1 amide bonds. The summed E-state index contributed by atoms with van der Waals surface area (Å²) < 4.78 is 7.49. The number of anilines is 1. The number of carbonyl (C=O) groups excluding carboxylic acids is 1. The van der Waals surface area contributed by atoms with Crippen LogP contribution in [0.1, 0.15) is 42.2 Å². The lowest BCUT2D eigenvalue weighted by atomic mass is 10.2. The van der Waals surface area contributed by atoms with E-state index >= 15 is 0 Å². The number of amides is 1. The molecule has 0 bridgehead atoms. The van der Waals surface area contributed by atoms with Crippen molar-refractivity contribution in [3.05, 3.63) is 18.0 Å². The minimum absolute atomic E-state index is 0.0471. The molecule has 1 aromatic rings. The fraction of sp³-hybridized carbons (Fsp3) is 0.615. The highest BCUT2D eigenvalue weighted by Gasteiger charge is 2.28. The quantitative estimate of drug-likeness (QED) is 0.845. The molecule has 1 aliphatic carbocycles. The number of aromatic nitrogens is 1. The van der Waals surface area contributed by atoms with Gasteiger partial charge >= 0.3 is 0 Å². The molecule has 2 heterocycles. The molecule has 0 aromatic carbocycles. The molecule has 0 spiro atoms. The maximum Gasteiger partial charge on any atom is 0.268 e. The molecule has 5 nitrogen and oxygen atoms in total. The predicted octanol–water partition coefficient (Wildman–Crippen LogP) is 1.31. The standard InChI is InChI=1S/C13H19N3O2/c14-9-6-12(16(8-9)10-3-4-10)13(17)15-7-11-2-1-5-18-11/h6,8,10-11H,1-5,7,14H2,(H,15,17). The second kappa shape index (κ2) is 4.65. The van der Waals surface area contributed by atoms with Crippen molar-refractivity contribution in [2.75, 3.05) is 18.9 Å². The highest BCUT2D eigenvalue weighted by atomic mass is 16.5. The van der Waals surface area contributed by atoms with Gasteiger partial charge in [0.05, 0.1) is 11.8 Å². The monoisotopic (exact) mass is 249 g/mol. The topological polar surface area (TPSA) is 69.3 Å². The normalized spacial score (nSPS) is 23.2. The van der Waals surface area contributed by atoms with Crippen LogP contribution in [0.15, 0.2) is 12.3 Å². The molecular weight excluding hydrogens is 230 g/mol. The number of nitrogens with zero attached hydrogens (tertiary/aromatic N) is 1. The molecule has 1 saturated heterocycles. The maximum atomic E-state index is 12.1. The summed E-state index contributed by atoms with van der Waals surface area (Å²) in [6.07, 6.45) is 6.44. The van der Waals surface area contributed by atoms with Crippen LogP contribution in [0.4, 0.5) is 5.69 Å². The molecule has 1 saturated carbocycles. The van der Waals surface area contributed by atoms with E-state index in [1.807, 2.05) is 10.8 Å². The van der Waals surface area contributed by atoms with Gasteiger partial charge in [0.2, 0.25) is 0 Å². The summed E-state index contributed by atoms with van der Waals surface area (Å²) in [7, 11) is 0. The first-order valence-electron chi connectivity index (χ1n) is 6.61. The van der Waals surface area contributed by atoms with E-state index in [0.717, 1.165) is 32.3 Å². The van der Waals surface area contributed by atoms with E-state index in [2.05, 4.69) is 5.32 Å². The first-order valence-corrected chi connectivity index (χ1v) is 6.61. The van der Waals surface area contributed by atoms with Crippen LogP contribution in [0.2, 0.25) is 0 Å². The smallest absolute Gasteiger partial charge is 0.268 e. The maximum absolute atomic E-state index is 12.1. The van der Waals surface area contributed by atoms with E-state index in [4.69, 9.17) is 10.5 Å².